The molecule has 4 aromatic rings. The third-order valence-corrected chi connectivity index (χ3v) is 5.97. The van der Waals surface area contributed by atoms with Crippen LogP contribution in [0.1, 0.15) is 0 Å². The van der Waals surface area contributed by atoms with E-state index in [1.807, 2.05) is 0 Å². The van der Waals surface area contributed by atoms with Crippen molar-refractivity contribution in [3.63, 3.8) is 0 Å². The van der Waals surface area contributed by atoms with Gasteiger partial charge < -0.3 is 14.8 Å². The minimum Gasteiger partial charge on any atom is -0.495 e. The van der Waals surface area contributed by atoms with Crippen LogP contribution in [0.5, 0.6) is 11.5 Å². The van der Waals surface area contributed by atoms with Gasteiger partial charge in [-0.2, -0.15) is 4.98 Å². The van der Waals surface area contributed by atoms with Gasteiger partial charge in [0, 0.05) is 36.3 Å². The highest BCUT2D eigenvalue weighted by Gasteiger charge is 2.23. The first-order valence-corrected chi connectivity index (χ1v) is 10.6. The van der Waals surface area contributed by atoms with E-state index in [0.717, 1.165) is 12.1 Å². The fourth-order valence-corrected chi connectivity index (χ4v) is 4.21. The van der Waals surface area contributed by atoms with E-state index in [1.165, 1.54) is 50.2 Å². The summed E-state index contributed by atoms with van der Waals surface area (Å²) in [5.41, 5.74) is -0.873. The van der Waals surface area contributed by atoms with Gasteiger partial charge in [0.1, 0.15) is 17.1 Å². The summed E-state index contributed by atoms with van der Waals surface area (Å²) in [6.07, 6.45) is 1.37. The fraction of sp³-hybridized carbons (Fsp3) is 0.136. The average Bonchev–Trinajstić information content (AvgIpc) is 2.83. The van der Waals surface area contributed by atoms with Gasteiger partial charge in [0.15, 0.2) is 11.5 Å². The van der Waals surface area contributed by atoms with Gasteiger partial charge >= 0.3 is 0 Å². The molecule has 0 unspecified atom stereocenters. The number of fused-ring (bicyclic) bond motifs is 1. The Balaban J connectivity index is 1.88. The van der Waals surface area contributed by atoms with Crippen molar-refractivity contribution in [3.8, 4) is 22.6 Å². The highest BCUT2D eigenvalue weighted by atomic mass is 35.5. The van der Waals surface area contributed by atoms with Crippen LogP contribution in [0.4, 0.5) is 21.7 Å². The number of pyridine rings is 1. The molecule has 2 aromatic heterocycles. The Labute approximate surface area is 207 Å². The number of anilines is 2. The highest BCUT2D eigenvalue weighted by Crippen LogP contribution is 2.45. The van der Waals surface area contributed by atoms with Gasteiger partial charge in [-0.1, -0.05) is 29.3 Å². The Morgan fingerprint density at radius 1 is 1.14 bits per heavy atom. The Morgan fingerprint density at radius 2 is 1.80 bits per heavy atom. The lowest BCUT2D eigenvalue weighted by Gasteiger charge is -2.16. The van der Waals surface area contributed by atoms with Crippen molar-refractivity contribution < 1.29 is 18.8 Å². The van der Waals surface area contributed by atoms with Gasteiger partial charge in [-0.25, -0.2) is 9.37 Å². The van der Waals surface area contributed by atoms with E-state index in [2.05, 4.69) is 15.3 Å². The molecule has 2 aromatic carbocycles. The lowest BCUT2D eigenvalue weighted by Crippen LogP contribution is -2.20. The summed E-state index contributed by atoms with van der Waals surface area (Å²) < 4.78 is 26.1. The summed E-state index contributed by atoms with van der Waals surface area (Å²) >= 11 is 13.0. The van der Waals surface area contributed by atoms with Crippen LogP contribution in [0.15, 0.2) is 41.3 Å². The molecule has 2 heterocycles. The maximum atomic E-state index is 14.3. The first-order valence-electron chi connectivity index (χ1n) is 9.85. The number of nitrogens with zero attached hydrogens (tertiary/aromatic N) is 4. The molecule has 0 saturated heterocycles. The maximum absolute atomic E-state index is 14.3. The number of aryl methyl sites for hydroxylation is 1. The van der Waals surface area contributed by atoms with E-state index in [-0.39, 0.29) is 44.3 Å². The summed E-state index contributed by atoms with van der Waals surface area (Å²) in [5.74, 6) is -0.490. The van der Waals surface area contributed by atoms with E-state index in [4.69, 9.17) is 32.7 Å². The van der Waals surface area contributed by atoms with Crippen molar-refractivity contribution in [2.75, 3.05) is 19.5 Å². The second kappa shape index (κ2) is 9.35. The van der Waals surface area contributed by atoms with E-state index in [1.54, 1.807) is 0 Å². The number of hydrogen-bond donors (Lipinski definition) is 1. The molecule has 0 saturated carbocycles. The zero-order valence-electron chi connectivity index (χ0n) is 18.4. The molecular formula is C22H16Cl2FN5O5. The molecule has 0 bridgehead atoms. The van der Waals surface area contributed by atoms with Crippen LogP contribution >= 0.6 is 23.2 Å². The van der Waals surface area contributed by atoms with Crippen LogP contribution in [0, 0.1) is 15.9 Å². The van der Waals surface area contributed by atoms with Crippen molar-refractivity contribution in [2.45, 2.75) is 0 Å². The van der Waals surface area contributed by atoms with Crippen molar-refractivity contribution in [3.05, 3.63) is 72.9 Å². The SMILES string of the molecule is COc1cc(OC)c(Cl)c(-c2cc3cnc(Nc4c(F)cccc4[N+](=O)[O-])nc3n(C)c2=O)c1Cl. The molecule has 180 valence electrons. The Bertz CT molecular complexity index is 1530. The second-order valence-electron chi connectivity index (χ2n) is 7.19. The smallest absolute Gasteiger partial charge is 0.295 e. The predicted molar refractivity (Wildman–Crippen MR) is 130 cm³/mol. The molecule has 13 heteroatoms. The molecule has 0 aliphatic rings. The summed E-state index contributed by atoms with van der Waals surface area (Å²) in [6, 6.07) is 6.43. The van der Waals surface area contributed by atoms with Crippen LogP contribution in [0.25, 0.3) is 22.2 Å². The molecule has 0 atom stereocenters. The fourth-order valence-electron chi connectivity index (χ4n) is 3.51. The summed E-state index contributed by atoms with van der Waals surface area (Å²) in [6.45, 7) is 0. The monoisotopic (exact) mass is 519 g/mol. The van der Waals surface area contributed by atoms with Crippen LogP contribution in [0.2, 0.25) is 10.0 Å². The van der Waals surface area contributed by atoms with Crippen LogP contribution in [-0.2, 0) is 7.05 Å². The summed E-state index contributed by atoms with van der Waals surface area (Å²) in [7, 11) is 4.30. The Morgan fingerprint density at radius 3 is 2.40 bits per heavy atom. The van der Waals surface area contributed by atoms with Crippen molar-refractivity contribution in [2.24, 2.45) is 7.05 Å². The van der Waals surface area contributed by atoms with Gasteiger partial charge in [-0.05, 0) is 12.1 Å². The standard InChI is InChI=1S/C22H16Cl2FN5O5/c1-29-20-10(9-26-22(28-20)27-19-12(25)5-4-6-13(19)30(32)33)7-11(21(29)31)16-17(23)14(34-2)8-15(35-3)18(16)24/h4-9H,1-3H3,(H,26,27,28). The minimum atomic E-state index is -0.858. The number of nitro benzene ring substituents is 1. The molecule has 0 amide bonds. The van der Waals surface area contributed by atoms with E-state index < -0.39 is 27.7 Å². The minimum absolute atomic E-state index is 0.112. The molecule has 0 aliphatic heterocycles. The van der Waals surface area contributed by atoms with E-state index >= 15 is 0 Å². The number of para-hydroxylation sites is 1. The lowest BCUT2D eigenvalue weighted by molar-refractivity contribution is -0.384. The molecule has 4 rings (SSSR count). The van der Waals surface area contributed by atoms with E-state index in [9.17, 15) is 19.3 Å². The number of hydrogen-bond acceptors (Lipinski definition) is 8. The number of rotatable bonds is 6. The first kappa shape index (κ1) is 24.2. The summed E-state index contributed by atoms with van der Waals surface area (Å²) in [5, 5.41) is 14.4. The number of nitrogens with one attached hydrogen (secondary N) is 1. The van der Waals surface area contributed by atoms with Crippen LogP contribution in [0.3, 0.4) is 0 Å². The number of aromatic nitrogens is 3. The molecule has 0 spiro atoms. The summed E-state index contributed by atoms with van der Waals surface area (Å²) in [4.78, 5) is 32.2. The number of nitro groups is 1. The largest absolute Gasteiger partial charge is 0.495 e. The molecular weight excluding hydrogens is 504 g/mol. The highest BCUT2D eigenvalue weighted by molar-refractivity contribution is 6.41. The molecule has 0 fully saturated rings. The molecule has 10 nitrogen and oxygen atoms in total. The topological polar surface area (TPSA) is 121 Å². The number of methoxy groups -OCH3 is 2. The molecule has 1 N–H and O–H groups in total. The quantitative estimate of drug-likeness (QED) is 0.275. The van der Waals surface area contributed by atoms with Crippen molar-refractivity contribution in [1.82, 2.24) is 14.5 Å². The Kier molecular flexibility index (Phi) is 6.46. The molecule has 0 radical (unpaired) electrons. The van der Waals surface area contributed by atoms with Crippen molar-refractivity contribution >= 4 is 51.6 Å². The first-order chi connectivity index (χ1) is 16.7. The van der Waals surface area contributed by atoms with Gasteiger partial charge in [0.25, 0.3) is 11.2 Å². The molecule has 35 heavy (non-hydrogen) atoms. The van der Waals surface area contributed by atoms with Gasteiger partial charge in [0.2, 0.25) is 5.95 Å². The average molecular weight is 520 g/mol. The molecule has 0 aliphatic carbocycles. The van der Waals surface area contributed by atoms with Gasteiger partial charge in [-0.3, -0.25) is 19.5 Å². The number of halogens is 3. The van der Waals surface area contributed by atoms with Crippen molar-refractivity contribution in [1.29, 1.82) is 0 Å². The third kappa shape index (κ3) is 4.19. The zero-order chi connectivity index (χ0) is 25.4. The normalized spacial score (nSPS) is 10.9. The van der Waals surface area contributed by atoms with Gasteiger partial charge in [0.05, 0.1) is 34.8 Å². The predicted octanol–water partition coefficient (Wildman–Crippen LogP) is 5.11. The number of benzene rings is 2. The van der Waals surface area contributed by atoms with Crippen LogP contribution in [-0.4, -0.2) is 33.7 Å². The second-order valence-corrected chi connectivity index (χ2v) is 7.95. The van der Waals surface area contributed by atoms with E-state index in [0.29, 0.717) is 5.39 Å². The Hall–Kier alpha value is -3.96. The number of ether oxygens (including phenoxy) is 2. The maximum Gasteiger partial charge on any atom is 0.295 e. The third-order valence-electron chi connectivity index (χ3n) is 5.22. The zero-order valence-corrected chi connectivity index (χ0v) is 19.9. The van der Waals surface area contributed by atoms with Crippen LogP contribution < -0.4 is 20.3 Å². The lowest BCUT2D eigenvalue weighted by atomic mass is 10.0. The van der Waals surface area contributed by atoms with Gasteiger partial charge in [-0.15, -0.1) is 0 Å².